The fourth-order valence-electron chi connectivity index (χ4n) is 3.84. The van der Waals surface area contributed by atoms with Crippen molar-refractivity contribution in [2.45, 2.75) is 19.4 Å². The van der Waals surface area contributed by atoms with Crippen molar-refractivity contribution in [3.63, 3.8) is 0 Å². The first kappa shape index (κ1) is 15.3. The number of aliphatic hydroxyl groups is 1. The highest BCUT2D eigenvalue weighted by Gasteiger charge is 2.22. The van der Waals surface area contributed by atoms with Crippen LogP contribution in [0.4, 0.5) is 10.2 Å². The van der Waals surface area contributed by atoms with Crippen LogP contribution in [0.1, 0.15) is 12.1 Å². The van der Waals surface area contributed by atoms with E-state index in [2.05, 4.69) is 19.7 Å². The lowest BCUT2D eigenvalue weighted by Crippen LogP contribution is -2.22. The third-order valence-electron chi connectivity index (χ3n) is 5.10. The Kier molecular flexibility index (Phi) is 3.27. The van der Waals surface area contributed by atoms with Gasteiger partial charge in [0.25, 0.3) is 0 Å². The summed E-state index contributed by atoms with van der Waals surface area (Å²) in [5.41, 5.74) is 4.41. The Morgan fingerprint density at radius 1 is 1.23 bits per heavy atom. The van der Waals surface area contributed by atoms with Crippen LogP contribution in [-0.2, 0) is 0 Å². The van der Waals surface area contributed by atoms with Gasteiger partial charge in [0.15, 0.2) is 0 Å². The zero-order valence-electron chi connectivity index (χ0n) is 14.3. The highest BCUT2D eigenvalue weighted by molar-refractivity contribution is 6.06. The lowest BCUT2D eigenvalue weighted by Gasteiger charge is -2.18. The van der Waals surface area contributed by atoms with Crippen LogP contribution in [0, 0.1) is 12.7 Å². The van der Waals surface area contributed by atoms with Crippen molar-refractivity contribution in [1.82, 2.24) is 19.7 Å². The maximum atomic E-state index is 13.7. The first-order chi connectivity index (χ1) is 12.6. The predicted molar refractivity (Wildman–Crippen MR) is 98.3 cm³/mol. The zero-order chi connectivity index (χ0) is 17.8. The number of nitrogens with zero attached hydrogens (tertiary/aromatic N) is 4. The molecule has 0 radical (unpaired) electrons. The smallest absolute Gasteiger partial charge is 0.129 e. The molecule has 1 aromatic carbocycles. The number of hydrogen-bond acceptors (Lipinski definition) is 4. The lowest BCUT2D eigenvalue weighted by molar-refractivity contribution is 0.198. The van der Waals surface area contributed by atoms with Gasteiger partial charge in [-0.1, -0.05) is 0 Å². The molecule has 1 saturated heterocycles. The van der Waals surface area contributed by atoms with Gasteiger partial charge >= 0.3 is 0 Å². The van der Waals surface area contributed by atoms with Crippen LogP contribution in [0.25, 0.3) is 27.6 Å². The van der Waals surface area contributed by atoms with E-state index in [4.69, 9.17) is 4.98 Å². The number of benzene rings is 1. The van der Waals surface area contributed by atoms with E-state index in [1.807, 2.05) is 19.1 Å². The van der Waals surface area contributed by atoms with Crippen molar-refractivity contribution in [2.75, 3.05) is 18.0 Å². The number of pyridine rings is 1. The number of β-amino-alcohol motifs (C(OH)–C–C–N with tert-alkyl or cyclic N) is 1. The molecular weight excluding hydrogens is 333 g/mol. The maximum absolute atomic E-state index is 13.7. The van der Waals surface area contributed by atoms with Crippen molar-refractivity contribution < 1.29 is 9.50 Å². The van der Waals surface area contributed by atoms with E-state index in [0.29, 0.717) is 6.54 Å². The number of nitrogens with one attached hydrogen (secondary N) is 1. The molecule has 1 unspecified atom stereocenters. The van der Waals surface area contributed by atoms with Gasteiger partial charge in [0.1, 0.15) is 11.6 Å². The molecule has 0 amide bonds. The second kappa shape index (κ2) is 5.54. The Labute approximate surface area is 148 Å². The Balaban J connectivity index is 1.68. The number of aromatic nitrogens is 4. The van der Waals surface area contributed by atoms with Gasteiger partial charge < -0.3 is 14.6 Å². The first-order valence-electron chi connectivity index (χ1n) is 8.66. The fourth-order valence-corrected chi connectivity index (χ4v) is 3.84. The molecular formula is C19H18FN5O. The number of aryl methyl sites for hydroxylation is 1. The fraction of sp³-hybridized carbons (Fsp3) is 0.263. The van der Waals surface area contributed by atoms with Crippen LogP contribution in [0.3, 0.4) is 0 Å². The molecule has 26 heavy (non-hydrogen) atoms. The topological polar surface area (TPSA) is 70.0 Å². The number of halogens is 1. The summed E-state index contributed by atoms with van der Waals surface area (Å²) in [5, 5.41) is 17.6. The van der Waals surface area contributed by atoms with Crippen LogP contribution in [0.2, 0.25) is 0 Å². The first-order valence-corrected chi connectivity index (χ1v) is 8.66. The van der Waals surface area contributed by atoms with E-state index < -0.39 is 0 Å². The van der Waals surface area contributed by atoms with Gasteiger partial charge in [0, 0.05) is 18.5 Å². The Morgan fingerprint density at radius 2 is 2.12 bits per heavy atom. The van der Waals surface area contributed by atoms with E-state index in [0.717, 1.165) is 52.1 Å². The monoisotopic (exact) mass is 351 g/mol. The molecule has 132 valence electrons. The molecule has 3 aromatic heterocycles. The minimum Gasteiger partial charge on any atom is -0.391 e. The second-order valence-corrected chi connectivity index (χ2v) is 6.79. The molecule has 4 heterocycles. The summed E-state index contributed by atoms with van der Waals surface area (Å²) in [7, 11) is 0. The Hall–Kier alpha value is -2.93. The van der Waals surface area contributed by atoms with E-state index in [9.17, 15) is 9.50 Å². The summed E-state index contributed by atoms with van der Waals surface area (Å²) < 4.78 is 15.8. The van der Waals surface area contributed by atoms with Gasteiger partial charge in [-0.05, 0) is 43.7 Å². The van der Waals surface area contributed by atoms with Crippen molar-refractivity contribution in [1.29, 1.82) is 0 Å². The number of H-pyrrole nitrogens is 1. The minimum absolute atomic E-state index is 0.274. The quantitative estimate of drug-likeness (QED) is 0.583. The van der Waals surface area contributed by atoms with Crippen LogP contribution in [0.5, 0.6) is 0 Å². The number of fused-ring (bicyclic) bond motifs is 3. The molecule has 4 aromatic rings. The number of aromatic amines is 1. The highest BCUT2D eigenvalue weighted by Crippen LogP contribution is 2.32. The average Bonchev–Trinajstić information content (AvgIpc) is 3.31. The number of rotatable bonds is 2. The second-order valence-electron chi connectivity index (χ2n) is 6.79. The predicted octanol–water partition coefficient (Wildman–Crippen LogP) is 2.92. The average molecular weight is 351 g/mol. The van der Waals surface area contributed by atoms with Gasteiger partial charge in [-0.15, -0.1) is 0 Å². The third kappa shape index (κ3) is 2.20. The Bertz CT molecular complexity index is 1130. The molecule has 7 heteroatoms. The van der Waals surface area contributed by atoms with Gasteiger partial charge in [0.05, 0.1) is 40.2 Å². The molecule has 5 rings (SSSR count). The lowest BCUT2D eigenvalue weighted by atomic mass is 10.2. The minimum atomic E-state index is -0.286. The molecule has 6 nitrogen and oxygen atoms in total. The van der Waals surface area contributed by atoms with Gasteiger partial charge in [-0.2, -0.15) is 5.10 Å². The number of hydrogen-bond donors (Lipinski definition) is 2. The van der Waals surface area contributed by atoms with Crippen molar-refractivity contribution in [3.05, 3.63) is 48.0 Å². The molecule has 0 aliphatic carbocycles. The van der Waals surface area contributed by atoms with Crippen LogP contribution >= 0.6 is 0 Å². The standard InChI is InChI=1S/C19H18FN5O/c1-11-15(4-5-18(22-11)24-7-6-13(26)10-24)25-16-3-2-12(20)8-14(16)19-17(25)9-21-23-19/h2-5,8-9,13,26H,6-7,10H2,1H3,(H,21,23). The molecule has 1 aliphatic rings. The summed E-state index contributed by atoms with van der Waals surface area (Å²) in [6, 6.07) is 8.77. The van der Waals surface area contributed by atoms with E-state index in [1.54, 1.807) is 12.3 Å². The molecule has 1 fully saturated rings. The van der Waals surface area contributed by atoms with Gasteiger partial charge in [0.2, 0.25) is 0 Å². The van der Waals surface area contributed by atoms with Crippen LogP contribution in [-0.4, -0.2) is 44.0 Å². The maximum Gasteiger partial charge on any atom is 0.129 e. The van der Waals surface area contributed by atoms with Gasteiger partial charge in [-0.3, -0.25) is 5.10 Å². The van der Waals surface area contributed by atoms with Crippen molar-refractivity contribution in [3.8, 4) is 5.69 Å². The molecule has 0 spiro atoms. The van der Waals surface area contributed by atoms with E-state index >= 15 is 0 Å². The summed E-state index contributed by atoms with van der Waals surface area (Å²) in [5.74, 6) is 0.595. The van der Waals surface area contributed by atoms with Crippen LogP contribution < -0.4 is 4.90 Å². The number of anilines is 1. The van der Waals surface area contributed by atoms with Crippen molar-refractivity contribution in [2.24, 2.45) is 0 Å². The normalized spacial score (nSPS) is 17.7. The molecule has 0 bridgehead atoms. The third-order valence-corrected chi connectivity index (χ3v) is 5.10. The van der Waals surface area contributed by atoms with Crippen molar-refractivity contribution >= 4 is 27.8 Å². The molecule has 0 saturated carbocycles. The SMILES string of the molecule is Cc1nc(N2CCC(O)C2)ccc1-n1c2ccc(F)cc2c2[nH]ncc21. The summed E-state index contributed by atoms with van der Waals surface area (Å²) in [6.07, 6.45) is 2.23. The molecule has 1 aliphatic heterocycles. The number of aliphatic hydroxyl groups excluding tert-OH is 1. The zero-order valence-corrected chi connectivity index (χ0v) is 14.3. The largest absolute Gasteiger partial charge is 0.391 e. The van der Waals surface area contributed by atoms with E-state index in [1.165, 1.54) is 12.1 Å². The summed E-state index contributed by atoms with van der Waals surface area (Å²) in [4.78, 5) is 6.85. The highest BCUT2D eigenvalue weighted by atomic mass is 19.1. The summed E-state index contributed by atoms with van der Waals surface area (Å²) in [6.45, 7) is 3.39. The molecule has 1 atom stereocenters. The Morgan fingerprint density at radius 3 is 2.88 bits per heavy atom. The van der Waals surface area contributed by atoms with Crippen LogP contribution in [0.15, 0.2) is 36.5 Å². The summed E-state index contributed by atoms with van der Waals surface area (Å²) >= 11 is 0. The van der Waals surface area contributed by atoms with Gasteiger partial charge in [-0.25, -0.2) is 9.37 Å². The molecule has 2 N–H and O–H groups in total. The van der Waals surface area contributed by atoms with E-state index in [-0.39, 0.29) is 11.9 Å².